The van der Waals surface area contributed by atoms with Gasteiger partial charge in [0.1, 0.15) is 0 Å². The fourth-order valence-corrected chi connectivity index (χ4v) is 1.78. The van der Waals surface area contributed by atoms with E-state index in [9.17, 15) is 13.2 Å². The topological polar surface area (TPSA) is 92.5 Å². The van der Waals surface area contributed by atoms with E-state index in [1.54, 1.807) is 0 Å². The maximum absolute atomic E-state index is 11.4. The van der Waals surface area contributed by atoms with Crippen LogP contribution < -0.4 is 11.1 Å². The second-order valence-electron chi connectivity index (χ2n) is 3.78. The minimum Gasteiger partial charge on any atom is -0.354 e. The third-order valence-corrected chi connectivity index (χ3v) is 3.98. The Hall–Kier alpha value is -0.660. The summed E-state index contributed by atoms with van der Waals surface area (Å²) in [4.78, 5) is 11.3. The Kier molecular flexibility index (Phi) is 6.54. The number of nitrogens with one attached hydrogen (secondary N) is 1. The molecule has 0 aliphatic rings. The zero-order chi connectivity index (χ0) is 12.8. The summed E-state index contributed by atoms with van der Waals surface area (Å²) in [5, 5.41) is 2.51. The van der Waals surface area contributed by atoms with E-state index >= 15 is 0 Å². The first-order valence-electron chi connectivity index (χ1n) is 5.24. The van der Waals surface area contributed by atoms with Gasteiger partial charge in [0.05, 0.1) is 11.8 Å². The molecule has 1 amide bonds. The van der Waals surface area contributed by atoms with Crippen molar-refractivity contribution in [1.29, 1.82) is 0 Å². The van der Waals surface area contributed by atoms with Crippen LogP contribution in [0, 0.1) is 0 Å². The lowest BCUT2D eigenvalue weighted by Gasteiger charge is -2.13. The predicted octanol–water partition coefficient (Wildman–Crippen LogP) is -0.879. The monoisotopic (exact) mass is 251 g/mol. The molecule has 1 atom stereocenters. The molecule has 16 heavy (non-hydrogen) atoms. The maximum Gasteiger partial charge on any atom is 0.236 e. The van der Waals surface area contributed by atoms with Gasteiger partial charge in [-0.25, -0.2) is 12.7 Å². The lowest BCUT2D eigenvalue weighted by molar-refractivity contribution is -0.122. The van der Waals surface area contributed by atoms with E-state index in [4.69, 9.17) is 5.73 Å². The molecule has 96 valence electrons. The minimum atomic E-state index is -3.25. The van der Waals surface area contributed by atoms with Gasteiger partial charge in [-0.1, -0.05) is 13.3 Å². The van der Waals surface area contributed by atoms with Crippen molar-refractivity contribution in [2.24, 2.45) is 5.73 Å². The van der Waals surface area contributed by atoms with Crippen LogP contribution >= 0.6 is 0 Å². The van der Waals surface area contributed by atoms with Crippen LogP contribution in [0.1, 0.15) is 19.8 Å². The van der Waals surface area contributed by atoms with Crippen molar-refractivity contribution in [1.82, 2.24) is 9.62 Å². The predicted molar refractivity (Wildman–Crippen MR) is 63.4 cm³/mol. The number of carbonyl (C=O) groups is 1. The highest BCUT2D eigenvalue weighted by Gasteiger charge is 2.15. The van der Waals surface area contributed by atoms with Gasteiger partial charge in [-0.05, 0) is 6.42 Å². The fourth-order valence-electron chi connectivity index (χ4n) is 1.06. The largest absolute Gasteiger partial charge is 0.354 e. The van der Waals surface area contributed by atoms with Crippen LogP contribution in [0.25, 0.3) is 0 Å². The number of nitrogens with two attached hydrogens (primary N) is 1. The molecule has 3 N–H and O–H groups in total. The summed E-state index contributed by atoms with van der Waals surface area (Å²) in [5.41, 5.74) is 5.57. The van der Waals surface area contributed by atoms with Crippen LogP contribution in [0.3, 0.4) is 0 Å². The zero-order valence-corrected chi connectivity index (χ0v) is 10.9. The second kappa shape index (κ2) is 6.82. The molecule has 0 aromatic rings. The second-order valence-corrected chi connectivity index (χ2v) is 6.09. The summed E-state index contributed by atoms with van der Waals surface area (Å²) in [6.45, 7) is 2.03. The quantitative estimate of drug-likeness (QED) is 0.614. The third-order valence-electron chi connectivity index (χ3n) is 2.15. The Morgan fingerprint density at radius 1 is 1.44 bits per heavy atom. The Balaban J connectivity index is 3.96. The molecular weight excluding hydrogens is 230 g/mol. The standard InChI is InChI=1S/C9H21N3O3S/c1-4-5-8(10)9(13)11-6-7-16(14,15)12(2)3/h8H,4-7,10H2,1-3H3,(H,11,13)/t8-/m0/s1. The van der Waals surface area contributed by atoms with Crippen molar-refractivity contribution in [3.05, 3.63) is 0 Å². The number of sulfonamides is 1. The SMILES string of the molecule is CCC[C@H](N)C(=O)NCCS(=O)(=O)N(C)C. The molecule has 0 radical (unpaired) electrons. The van der Waals surface area contributed by atoms with E-state index in [1.165, 1.54) is 14.1 Å². The molecule has 0 rings (SSSR count). The highest BCUT2D eigenvalue weighted by molar-refractivity contribution is 7.89. The summed E-state index contributed by atoms with van der Waals surface area (Å²) in [6, 6.07) is -0.549. The summed E-state index contributed by atoms with van der Waals surface area (Å²) < 4.78 is 23.8. The first-order chi connectivity index (χ1) is 7.31. The average molecular weight is 251 g/mol. The Morgan fingerprint density at radius 2 is 2.00 bits per heavy atom. The van der Waals surface area contributed by atoms with Gasteiger partial charge >= 0.3 is 0 Å². The van der Waals surface area contributed by atoms with Crippen molar-refractivity contribution < 1.29 is 13.2 Å². The fraction of sp³-hybridized carbons (Fsp3) is 0.889. The molecule has 0 heterocycles. The van der Waals surface area contributed by atoms with E-state index in [-0.39, 0.29) is 18.2 Å². The Morgan fingerprint density at radius 3 is 2.44 bits per heavy atom. The molecule has 0 saturated heterocycles. The van der Waals surface area contributed by atoms with Crippen LogP contribution in [-0.4, -0.2) is 51.1 Å². The Bertz CT molecular complexity index is 314. The number of amides is 1. The molecule has 0 aromatic carbocycles. The molecule has 0 bridgehead atoms. The van der Waals surface area contributed by atoms with E-state index in [0.717, 1.165) is 10.7 Å². The first kappa shape index (κ1) is 15.3. The number of carbonyl (C=O) groups excluding carboxylic acids is 1. The third kappa shape index (κ3) is 5.43. The van der Waals surface area contributed by atoms with Crippen LogP contribution in [0.15, 0.2) is 0 Å². The van der Waals surface area contributed by atoms with Gasteiger partial charge in [-0.3, -0.25) is 4.79 Å². The molecule has 0 aliphatic heterocycles. The summed E-state index contributed by atoms with van der Waals surface area (Å²) >= 11 is 0. The van der Waals surface area contributed by atoms with Gasteiger partial charge < -0.3 is 11.1 Å². The van der Waals surface area contributed by atoms with Crippen molar-refractivity contribution in [3.8, 4) is 0 Å². The first-order valence-corrected chi connectivity index (χ1v) is 6.85. The number of nitrogens with zero attached hydrogens (tertiary/aromatic N) is 1. The van der Waals surface area contributed by atoms with Crippen molar-refractivity contribution >= 4 is 15.9 Å². The highest BCUT2D eigenvalue weighted by atomic mass is 32.2. The molecule has 0 fully saturated rings. The summed E-state index contributed by atoms with van der Waals surface area (Å²) in [6.07, 6.45) is 1.43. The van der Waals surface area contributed by atoms with Crippen LogP contribution in [0.5, 0.6) is 0 Å². The van der Waals surface area contributed by atoms with Gasteiger partial charge in [0.25, 0.3) is 0 Å². The van der Waals surface area contributed by atoms with Crippen LogP contribution in [-0.2, 0) is 14.8 Å². The summed E-state index contributed by atoms with van der Waals surface area (Å²) in [5.74, 6) is -0.402. The van der Waals surface area contributed by atoms with E-state index in [0.29, 0.717) is 6.42 Å². The lowest BCUT2D eigenvalue weighted by Crippen LogP contribution is -2.43. The maximum atomic E-state index is 11.4. The van der Waals surface area contributed by atoms with Gasteiger partial charge in [0, 0.05) is 20.6 Å². The molecule has 0 aromatic heterocycles. The number of hydrogen-bond donors (Lipinski definition) is 2. The number of hydrogen-bond acceptors (Lipinski definition) is 4. The van der Waals surface area contributed by atoms with Crippen molar-refractivity contribution in [2.45, 2.75) is 25.8 Å². The highest BCUT2D eigenvalue weighted by Crippen LogP contribution is 1.94. The molecule has 0 unspecified atom stereocenters. The molecular formula is C9H21N3O3S. The molecule has 0 aliphatic carbocycles. The smallest absolute Gasteiger partial charge is 0.236 e. The normalized spacial score (nSPS) is 13.8. The lowest BCUT2D eigenvalue weighted by atomic mass is 10.2. The van der Waals surface area contributed by atoms with Crippen LogP contribution in [0.4, 0.5) is 0 Å². The van der Waals surface area contributed by atoms with Gasteiger partial charge in [0.2, 0.25) is 15.9 Å². The van der Waals surface area contributed by atoms with Crippen molar-refractivity contribution in [3.63, 3.8) is 0 Å². The van der Waals surface area contributed by atoms with Crippen LogP contribution in [0.2, 0.25) is 0 Å². The zero-order valence-electron chi connectivity index (χ0n) is 10.1. The minimum absolute atomic E-state index is 0.0940. The van der Waals surface area contributed by atoms with E-state index in [2.05, 4.69) is 5.32 Å². The molecule has 7 heteroatoms. The molecule has 0 spiro atoms. The van der Waals surface area contributed by atoms with Gasteiger partial charge in [-0.15, -0.1) is 0 Å². The summed E-state index contributed by atoms with van der Waals surface area (Å²) in [7, 11) is -0.337. The van der Waals surface area contributed by atoms with Gasteiger partial charge in [-0.2, -0.15) is 0 Å². The van der Waals surface area contributed by atoms with E-state index in [1.807, 2.05) is 6.92 Å². The number of rotatable bonds is 7. The van der Waals surface area contributed by atoms with Crippen molar-refractivity contribution in [2.75, 3.05) is 26.4 Å². The van der Waals surface area contributed by atoms with Gasteiger partial charge in [0.15, 0.2) is 0 Å². The van der Waals surface area contributed by atoms with E-state index < -0.39 is 16.1 Å². The average Bonchev–Trinajstić information content (AvgIpc) is 2.17. The Labute approximate surface area is 97.2 Å². The molecule has 0 saturated carbocycles. The molecule has 6 nitrogen and oxygen atoms in total.